The number of carboxylic acids is 1. The van der Waals surface area contributed by atoms with Crippen molar-refractivity contribution in [3.63, 3.8) is 0 Å². The summed E-state index contributed by atoms with van der Waals surface area (Å²) in [5, 5.41) is 67.5. The lowest BCUT2D eigenvalue weighted by Gasteiger charge is -2.30. The van der Waals surface area contributed by atoms with Gasteiger partial charge in [-0.05, 0) is 129 Å². The number of carbonyl (C=O) groups excluding carboxylic acids is 16. The van der Waals surface area contributed by atoms with Crippen LogP contribution in [0.15, 0.2) is 103 Å². The van der Waals surface area contributed by atoms with Gasteiger partial charge in [-0.15, -0.1) is 11.8 Å². The molecule has 1 heterocycles. The van der Waals surface area contributed by atoms with Crippen molar-refractivity contribution >= 4 is 112 Å². The van der Waals surface area contributed by atoms with Crippen LogP contribution in [0.2, 0.25) is 0 Å². The summed E-state index contributed by atoms with van der Waals surface area (Å²) in [5.74, 6) is -22.5. The molecule has 0 spiro atoms. The molecule has 25 N–H and O–H groups in total. The Kier molecular flexibility index (Phi) is 42.6. The van der Waals surface area contributed by atoms with Crippen LogP contribution in [-0.2, 0) is 101 Å². The molecule has 0 unspecified atom stereocenters. The lowest BCUT2D eigenvalue weighted by molar-refractivity contribution is -0.141. The van der Waals surface area contributed by atoms with Crippen LogP contribution < -0.4 is 97.4 Å². The average molecular weight is 1780 g/mol. The second-order valence-corrected chi connectivity index (χ2v) is 34.4. The normalized spacial score (nSPS) is 24.2. The molecule has 0 aromatic heterocycles. The molecule has 4 aromatic carbocycles. The maximum Gasteiger partial charge on any atom is 0.305 e. The zero-order valence-electron chi connectivity index (χ0n) is 73.3. The minimum Gasteiger partial charge on any atom is -0.508 e. The number of phenolic OH excluding ortho intramolecular Hbond substituents is 1. The van der Waals surface area contributed by atoms with E-state index in [1.54, 1.807) is 111 Å². The lowest BCUT2D eigenvalue weighted by Crippen LogP contribution is -2.62. The number of amides is 16. The summed E-state index contributed by atoms with van der Waals surface area (Å²) in [7, 11) is 0. The number of aliphatic hydroxyl groups is 1. The topological polar surface area (TPSA) is 623 Å². The second-order valence-electron chi connectivity index (χ2n) is 33.4. The number of aliphatic hydroxyl groups excluding tert-OH is 1. The van der Waals surface area contributed by atoms with E-state index >= 15 is 14.4 Å². The van der Waals surface area contributed by atoms with E-state index in [4.69, 9.17) is 22.9 Å². The SMILES string of the molecule is Cc1cccc(C[C@@H]2NC(=O)[C@H](CC(=O)O)NC(=O)[C@H](Cc3ccc(O)cc3)NC(=O)[C@H](CC(N)=O)NC(=O)CSC[C@@H](C(N)=O)NC(=O)[C@H]([C@@H](C)O)NC(=O)[C@H](C(C)C)NC(=O)[C@H](CC(C)C)NC(=O)[C@H](CCN)NC(=O)[C@@H](CC(C)C)NC(=O)[C@H](CCCN)NC(=O)[C@H](C(C)C)NC(=O)[C@H](Cc3ccc(-c4ccccc4)cc3)NC(=O)[C@H](C(C)C)NC2=O)c1. The molecular formula is C87H126N18O20S. The van der Waals surface area contributed by atoms with Crippen LogP contribution in [0.3, 0.4) is 0 Å². The molecule has 1 aliphatic heterocycles. The number of thioether (sulfide) groups is 1. The van der Waals surface area contributed by atoms with Gasteiger partial charge < -0.3 is 113 Å². The van der Waals surface area contributed by atoms with Crippen molar-refractivity contribution in [1.29, 1.82) is 0 Å². The van der Waals surface area contributed by atoms with E-state index in [0.717, 1.165) is 18.1 Å². The maximum absolute atomic E-state index is 15.2. The Bertz CT molecular complexity index is 4420. The number of hydrogen-bond acceptors (Lipinski definition) is 22. The largest absolute Gasteiger partial charge is 0.508 e. The predicted octanol–water partition coefficient (Wildman–Crippen LogP) is -1.71. The van der Waals surface area contributed by atoms with E-state index in [1.807, 2.05) is 30.3 Å². The molecule has 0 saturated carbocycles. The highest BCUT2D eigenvalue weighted by Gasteiger charge is 2.41. The Labute approximate surface area is 737 Å². The molecule has 126 heavy (non-hydrogen) atoms. The van der Waals surface area contributed by atoms with E-state index in [0.29, 0.717) is 28.5 Å². The summed E-state index contributed by atoms with van der Waals surface area (Å²) < 4.78 is 0. The highest BCUT2D eigenvalue weighted by Crippen LogP contribution is 2.22. The molecule has 16 amide bonds. The Morgan fingerprint density at radius 3 is 1.21 bits per heavy atom. The van der Waals surface area contributed by atoms with Crippen molar-refractivity contribution in [1.82, 2.24) is 74.4 Å². The number of aromatic hydroxyl groups is 1. The van der Waals surface area contributed by atoms with Crippen molar-refractivity contribution in [2.45, 2.75) is 238 Å². The van der Waals surface area contributed by atoms with Gasteiger partial charge in [-0.1, -0.05) is 166 Å². The molecule has 1 saturated heterocycles. The first-order valence-corrected chi connectivity index (χ1v) is 43.2. The summed E-state index contributed by atoms with van der Waals surface area (Å²) in [6.45, 7) is 19.1. The number of rotatable bonds is 25. The Morgan fingerprint density at radius 2 is 0.770 bits per heavy atom. The zero-order chi connectivity index (χ0) is 93.9. The van der Waals surface area contributed by atoms with E-state index < -0.39 is 240 Å². The molecule has 0 bridgehead atoms. The third-order valence-corrected chi connectivity index (χ3v) is 21.5. The summed E-state index contributed by atoms with van der Waals surface area (Å²) in [5.41, 5.74) is 26.9. The minimum atomic E-state index is -2.08. The number of primary amides is 2. The first-order chi connectivity index (χ1) is 59.4. The Hall–Kier alpha value is -12.1. The summed E-state index contributed by atoms with van der Waals surface area (Å²) >= 11 is 0.656. The van der Waals surface area contributed by atoms with Gasteiger partial charge >= 0.3 is 5.97 Å². The van der Waals surface area contributed by atoms with Crippen molar-refractivity contribution < 1.29 is 96.8 Å². The number of nitrogens with two attached hydrogens (primary N) is 4. The Balaban J connectivity index is 1.65. The third kappa shape index (κ3) is 34.8. The molecule has 5 rings (SSSR count). The van der Waals surface area contributed by atoms with Gasteiger partial charge in [-0.3, -0.25) is 81.5 Å². The highest BCUT2D eigenvalue weighted by molar-refractivity contribution is 8.00. The van der Waals surface area contributed by atoms with Crippen molar-refractivity contribution in [2.75, 3.05) is 24.6 Å². The van der Waals surface area contributed by atoms with Crippen LogP contribution in [0.1, 0.15) is 143 Å². The molecular weight excluding hydrogens is 1650 g/mol. The number of benzene rings is 4. The second kappa shape index (κ2) is 51.4. The fraction of sp³-hybridized carbons (Fsp3) is 0.529. The van der Waals surface area contributed by atoms with Crippen LogP contribution in [0.4, 0.5) is 0 Å². The van der Waals surface area contributed by atoms with E-state index in [-0.39, 0.29) is 81.2 Å². The van der Waals surface area contributed by atoms with Crippen LogP contribution in [0.5, 0.6) is 5.75 Å². The molecule has 4 aromatic rings. The van der Waals surface area contributed by atoms with Crippen molar-refractivity contribution in [2.24, 2.45) is 52.5 Å². The number of carbonyl (C=O) groups is 17. The van der Waals surface area contributed by atoms with Gasteiger partial charge in [0, 0.05) is 25.0 Å². The quantitative estimate of drug-likeness (QED) is 0.0351. The number of phenols is 1. The van der Waals surface area contributed by atoms with E-state index in [1.165, 1.54) is 38.1 Å². The first-order valence-electron chi connectivity index (χ1n) is 42.1. The first kappa shape index (κ1) is 104. The zero-order valence-corrected chi connectivity index (χ0v) is 74.1. The molecule has 1 aliphatic rings. The molecule has 38 nitrogen and oxygen atoms in total. The van der Waals surface area contributed by atoms with Gasteiger partial charge in [0.25, 0.3) is 0 Å². The van der Waals surface area contributed by atoms with Crippen LogP contribution >= 0.6 is 11.8 Å². The van der Waals surface area contributed by atoms with Gasteiger partial charge in [-0.25, -0.2) is 0 Å². The van der Waals surface area contributed by atoms with Gasteiger partial charge in [0.2, 0.25) is 94.5 Å². The van der Waals surface area contributed by atoms with Crippen molar-refractivity contribution in [3.05, 3.63) is 125 Å². The minimum absolute atomic E-state index is 0.0291. The summed E-state index contributed by atoms with van der Waals surface area (Å²) in [4.78, 5) is 243. The predicted molar refractivity (Wildman–Crippen MR) is 469 cm³/mol. The van der Waals surface area contributed by atoms with Crippen LogP contribution in [0.25, 0.3) is 11.1 Å². The fourth-order valence-corrected chi connectivity index (χ4v) is 14.5. The molecule has 39 heteroatoms. The highest BCUT2D eigenvalue weighted by atomic mass is 32.2. The fourth-order valence-electron chi connectivity index (χ4n) is 13.6. The summed E-state index contributed by atoms with van der Waals surface area (Å²) in [6.07, 6.45) is -5.07. The maximum atomic E-state index is 15.2. The van der Waals surface area contributed by atoms with Crippen LogP contribution in [0, 0.1) is 36.5 Å². The average Bonchev–Trinajstić information content (AvgIpc) is 0.833. The van der Waals surface area contributed by atoms with E-state index in [9.17, 15) is 82.4 Å². The monoisotopic (exact) mass is 1770 g/mol. The van der Waals surface area contributed by atoms with Gasteiger partial charge in [0.05, 0.1) is 24.7 Å². The number of aryl methyl sites for hydroxylation is 1. The number of aliphatic carboxylic acids is 1. The van der Waals surface area contributed by atoms with Gasteiger partial charge in [0.15, 0.2) is 0 Å². The molecule has 0 aliphatic carbocycles. The molecule has 1 fully saturated rings. The van der Waals surface area contributed by atoms with Crippen molar-refractivity contribution in [3.8, 4) is 16.9 Å². The van der Waals surface area contributed by atoms with Crippen LogP contribution in [-0.4, -0.2) is 231 Å². The molecule has 690 valence electrons. The summed E-state index contributed by atoms with van der Waals surface area (Å²) in [6, 6.07) is 5.55. The molecule has 15 atom stereocenters. The lowest BCUT2D eigenvalue weighted by atomic mass is 9.97. The standard InChI is InChI=1S/C87H126N18O20S/c1-44(2)34-59-77(115)93-58(31-33-89)76(114)96-60(35-45(3)4)81(119)104-72(48(9)10)86(124)105-73(50(12)106)87(125)101-66(74(91)112)42-126-43-68(109)92-64(40-67(90)108)79(117)97-61(38-52-25-29-56(107)30-26-52)78(116)99-65(41-69(110)111)80(118)98-63(39-53-19-16-18-49(11)36-53)83(121)103-71(47(7)8)85(123)100-62(37-51-23-27-55(28-24-51)54-20-14-13-15-21-54)82(120)102-70(46(5)6)84(122)94-57(22-17-32-88)75(113)95-59/h13-16,18-21,23-30,36,44-48,50,57-66,70-73,106-107H,17,22,31-35,37-43,88-89H2,1-12H3,(H2,90,108)(H2,91,112)(H,92,109)(H,93,115)(H,94,122)(H,95,113)(H,96,114)(H,97,117)(H,98,118)(H,99,116)(H,100,123)(H,101,125)(H,102,120)(H,103,121)(H,104,119)(H,105,124)(H,110,111)/t50-,57+,58+,59-,60+,61+,62+,63+,64+,65+,66+,70+,71+,72+,73+/m1/s1. The Morgan fingerprint density at radius 1 is 0.397 bits per heavy atom. The molecule has 0 radical (unpaired) electrons. The number of nitrogens with one attached hydrogen (secondary N) is 14. The van der Waals surface area contributed by atoms with Gasteiger partial charge in [-0.2, -0.15) is 0 Å². The smallest absolute Gasteiger partial charge is 0.305 e. The number of hydrogen-bond donors (Lipinski definition) is 21. The third-order valence-electron chi connectivity index (χ3n) is 20.4. The number of carboxylic acid groups (broad SMARTS) is 1. The van der Waals surface area contributed by atoms with Gasteiger partial charge in [0.1, 0.15) is 90.3 Å². The van der Waals surface area contributed by atoms with E-state index in [2.05, 4.69) is 74.4 Å².